The minimum Gasteiger partial charge on any atom is -0.493 e. The van der Waals surface area contributed by atoms with Gasteiger partial charge in [-0.3, -0.25) is 0 Å². The molecule has 0 saturated carbocycles. The van der Waals surface area contributed by atoms with Crippen LogP contribution in [0.5, 0.6) is 5.75 Å². The van der Waals surface area contributed by atoms with E-state index in [4.69, 9.17) is 21.1 Å². The van der Waals surface area contributed by atoms with Gasteiger partial charge in [-0.2, -0.15) is 5.10 Å². The molecule has 0 atom stereocenters. The standard InChI is InChI=1S/C37H33ClFN3O4.C4H11N/c1-3-31-34-30(40-41(31)2)21-45-20-24-9-5-4-8-23(24)19-42-35-28(15-16-29(38)33(34)35)27(36(42)37(43)44)11-7-17-46-32-12-6-10-22-18-25(39)13-14-26(22)32;1-3-5-4-2/h4-6,8-10,12-16,18H,3,7,11,17,19-21H2,1-2H3,(H,43,44);5H,3-4H2,1-2H3/p+1. The van der Waals surface area contributed by atoms with E-state index in [2.05, 4.69) is 31.2 Å². The number of aromatic nitrogens is 3. The van der Waals surface area contributed by atoms with E-state index in [9.17, 15) is 14.3 Å². The Morgan fingerprint density at radius 3 is 2.49 bits per heavy atom. The van der Waals surface area contributed by atoms with Crippen LogP contribution in [0.3, 0.4) is 0 Å². The molecule has 6 aromatic rings. The first-order chi connectivity index (χ1) is 24.8. The van der Waals surface area contributed by atoms with Crippen molar-refractivity contribution in [3.8, 4) is 16.9 Å². The van der Waals surface area contributed by atoms with Crippen LogP contribution in [-0.4, -0.2) is 40.4 Å². The van der Waals surface area contributed by atoms with E-state index in [0.29, 0.717) is 50.0 Å². The molecule has 0 saturated heterocycles. The zero-order valence-electron chi connectivity index (χ0n) is 29.6. The molecule has 51 heavy (non-hydrogen) atoms. The van der Waals surface area contributed by atoms with Crippen LogP contribution >= 0.6 is 11.6 Å². The van der Waals surface area contributed by atoms with E-state index in [1.54, 1.807) is 6.07 Å². The van der Waals surface area contributed by atoms with Gasteiger partial charge in [0.1, 0.15) is 23.0 Å². The summed E-state index contributed by atoms with van der Waals surface area (Å²) in [6.45, 7) is 9.93. The quantitative estimate of drug-likeness (QED) is 0.104. The van der Waals surface area contributed by atoms with Crippen molar-refractivity contribution in [2.75, 3.05) is 19.7 Å². The van der Waals surface area contributed by atoms with Gasteiger partial charge in [0.2, 0.25) is 5.69 Å². The predicted octanol–water partition coefficient (Wildman–Crippen LogP) is 8.37. The predicted molar refractivity (Wildman–Crippen MR) is 200 cm³/mol. The smallest absolute Gasteiger partial charge is 0.352 e. The number of rotatable bonds is 9. The van der Waals surface area contributed by atoms with Crippen LogP contribution < -0.4 is 14.7 Å². The molecule has 0 bridgehead atoms. The number of hydrogen-bond acceptors (Lipinski definition) is 4. The number of carbonyl (C=O) groups is 1. The number of aryl methyl sites for hydroxylation is 2. The monoisotopic (exact) mass is 711 g/mol. The molecule has 3 heterocycles. The highest BCUT2D eigenvalue weighted by Crippen LogP contribution is 2.43. The summed E-state index contributed by atoms with van der Waals surface area (Å²) in [4.78, 5) is 13.2. The zero-order chi connectivity index (χ0) is 36.1. The highest BCUT2D eigenvalue weighted by molar-refractivity contribution is 6.35. The summed E-state index contributed by atoms with van der Waals surface area (Å²) in [6.07, 6.45) is 1.79. The Balaban J connectivity index is 0.000000839. The van der Waals surface area contributed by atoms with Crippen LogP contribution in [-0.2, 0) is 44.4 Å². The van der Waals surface area contributed by atoms with E-state index >= 15 is 0 Å². The van der Waals surface area contributed by atoms with Crippen LogP contribution in [0.25, 0.3) is 32.8 Å². The van der Waals surface area contributed by atoms with Crippen molar-refractivity contribution in [3.05, 3.63) is 117 Å². The number of nitrogens with one attached hydrogen (secondary N) is 2. The van der Waals surface area contributed by atoms with Crippen molar-refractivity contribution >= 4 is 39.2 Å². The maximum atomic E-state index is 13.8. The lowest BCUT2D eigenvalue weighted by Gasteiger charge is -2.15. The summed E-state index contributed by atoms with van der Waals surface area (Å²) in [6, 6.07) is 22.0. The first-order valence-electron chi connectivity index (χ1n) is 17.6. The van der Waals surface area contributed by atoms with Gasteiger partial charge in [0.25, 0.3) is 0 Å². The minimum atomic E-state index is -0.996. The van der Waals surface area contributed by atoms with Gasteiger partial charge < -0.3 is 24.5 Å². The molecule has 0 aliphatic carbocycles. The van der Waals surface area contributed by atoms with E-state index < -0.39 is 5.97 Å². The molecule has 3 N–H and O–H groups in total. The minimum absolute atomic E-state index is 0.244. The molecule has 0 unspecified atom stereocenters. The summed E-state index contributed by atoms with van der Waals surface area (Å²) < 4.78 is 30.1. The maximum Gasteiger partial charge on any atom is 0.352 e. The fourth-order valence-electron chi connectivity index (χ4n) is 7.19. The molecular formula is C41H45ClFN4O4+. The molecule has 2 aromatic heterocycles. The molecule has 10 heteroatoms. The summed E-state index contributed by atoms with van der Waals surface area (Å²) in [5.74, 6) is -0.625. The number of carboxylic acids is 1. The number of aromatic amines is 1. The van der Waals surface area contributed by atoms with Gasteiger partial charge in [-0.15, -0.1) is 4.68 Å². The number of carboxylic acid groups (broad SMARTS) is 1. The highest BCUT2D eigenvalue weighted by atomic mass is 35.5. The Kier molecular flexibility index (Phi) is 11.4. The molecule has 0 fully saturated rings. The second-order valence-corrected chi connectivity index (χ2v) is 13.1. The Morgan fingerprint density at radius 2 is 1.76 bits per heavy atom. The Bertz CT molecular complexity index is 2190. The molecule has 8 nitrogen and oxygen atoms in total. The van der Waals surface area contributed by atoms with Crippen molar-refractivity contribution in [1.29, 1.82) is 0 Å². The molecule has 4 aromatic carbocycles. The summed E-state index contributed by atoms with van der Waals surface area (Å²) in [5.41, 5.74) is 7.48. The van der Waals surface area contributed by atoms with Crippen LogP contribution in [0.4, 0.5) is 4.39 Å². The Labute approximate surface area is 302 Å². The zero-order valence-corrected chi connectivity index (χ0v) is 30.4. The maximum absolute atomic E-state index is 13.8. The number of hydrogen-bond donors (Lipinski definition) is 3. The fourth-order valence-corrected chi connectivity index (χ4v) is 7.43. The third kappa shape index (κ3) is 7.38. The number of benzene rings is 4. The average molecular weight is 712 g/mol. The number of aromatic carboxylic acids is 1. The summed E-state index contributed by atoms with van der Waals surface area (Å²) >= 11 is 7.06. The van der Waals surface area contributed by atoms with Crippen molar-refractivity contribution in [1.82, 2.24) is 15.0 Å². The van der Waals surface area contributed by atoms with Gasteiger partial charge >= 0.3 is 5.97 Å². The van der Waals surface area contributed by atoms with Crippen molar-refractivity contribution in [2.45, 2.75) is 59.8 Å². The fraction of sp³-hybridized carbons (Fsp3) is 0.317. The lowest BCUT2D eigenvalue weighted by molar-refractivity contribution is -0.733. The summed E-state index contributed by atoms with van der Waals surface area (Å²) in [7, 11) is 1.97. The molecule has 1 aliphatic rings. The van der Waals surface area contributed by atoms with Crippen LogP contribution in [0.2, 0.25) is 5.02 Å². The number of fused-ring (bicyclic) bond motifs is 4. The van der Waals surface area contributed by atoms with E-state index in [1.165, 1.54) is 12.1 Å². The van der Waals surface area contributed by atoms with Crippen molar-refractivity contribution in [2.24, 2.45) is 7.05 Å². The number of halogens is 2. The topological polar surface area (TPSA) is 92.4 Å². The molecule has 0 amide bonds. The van der Waals surface area contributed by atoms with E-state index in [0.717, 1.165) is 80.4 Å². The van der Waals surface area contributed by atoms with Gasteiger partial charge in [-0.25, -0.2) is 9.18 Å². The van der Waals surface area contributed by atoms with Gasteiger partial charge in [0.15, 0.2) is 7.05 Å². The van der Waals surface area contributed by atoms with Gasteiger partial charge in [0.05, 0.1) is 35.9 Å². The molecule has 7 rings (SSSR count). The third-order valence-electron chi connectivity index (χ3n) is 9.45. The lowest BCUT2D eigenvalue weighted by atomic mass is 9.97. The number of ether oxygens (including phenoxy) is 2. The largest absolute Gasteiger partial charge is 0.493 e. The van der Waals surface area contributed by atoms with Gasteiger partial charge in [-0.05, 0) is 78.3 Å². The van der Waals surface area contributed by atoms with Gasteiger partial charge in [-0.1, -0.05) is 74.8 Å². The summed E-state index contributed by atoms with van der Waals surface area (Å²) in [5, 5.41) is 20.4. The normalized spacial score (nSPS) is 12.5. The van der Waals surface area contributed by atoms with Gasteiger partial charge in [0, 0.05) is 29.3 Å². The highest BCUT2D eigenvalue weighted by Gasteiger charge is 2.32. The molecular weight excluding hydrogens is 667 g/mol. The second kappa shape index (κ2) is 16.1. The van der Waals surface area contributed by atoms with E-state index in [-0.39, 0.29) is 11.5 Å². The van der Waals surface area contributed by atoms with Crippen LogP contribution in [0, 0.1) is 5.82 Å². The lowest BCUT2D eigenvalue weighted by Crippen LogP contribution is -2.34. The molecule has 0 spiro atoms. The molecule has 0 radical (unpaired) electrons. The third-order valence-corrected chi connectivity index (χ3v) is 9.76. The van der Waals surface area contributed by atoms with Crippen LogP contribution in [0.15, 0.2) is 72.8 Å². The first-order valence-corrected chi connectivity index (χ1v) is 18.0. The van der Waals surface area contributed by atoms with Crippen molar-refractivity contribution < 1.29 is 28.4 Å². The Hall–Kier alpha value is -4.70. The first kappa shape index (κ1) is 36.1. The molecule has 1 aliphatic heterocycles. The number of H-pyrrole nitrogens is 1. The average Bonchev–Trinajstić information content (AvgIpc) is 3.59. The van der Waals surface area contributed by atoms with Crippen LogP contribution in [0.1, 0.15) is 65.8 Å². The van der Waals surface area contributed by atoms with E-state index in [1.807, 2.05) is 70.9 Å². The SMILES string of the molecule is CCNCC.CCc1c2c([nH][n+]1C)COCc1ccccc1Cn1c(C(=O)O)c(CCCOc3cccc4cc(F)ccc34)c3ccc(Cl)c-2c31. The number of nitrogens with zero attached hydrogens (tertiary/aromatic N) is 2. The molecule has 266 valence electrons. The Morgan fingerprint density at radius 1 is 1.00 bits per heavy atom. The second-order valence-electron chi connectivity index (χ2n) is 12.7. The van der Waals surface area contributed by atoms with Crippen molar-refractivity contribution in [3.63, 3.8) is 0 Å².